The highest BCUT2D eigenvalue weighted by atomic mass is 16.6. The lowest BCUT2D eigenvalue weighted by Crippen LogP contribution is -2.31. The Morgan fingerprint density at radius 1 is 1.38 bits per heavy atom. The minimum Gasteiger partial charge on any atom is -0.480 e. The van der Waals surface area contributed by atoms with E-state index >= 15 is 0 Å². The monoisotopic (exact) mass is 223 g/mol. The molecule has 1 aromatic rings. The molecule has 0 bridgehead atoms. The van der Waals surface area contributed by atoms with Crippen molar-refractivity contribution in [2.75, 3.05) is 6.54 Å². The number of nitrogens with one attached hydrogen (secondary N) is 1. The Morgan fingerprint density at radius 2 is 2.06 bits per heavy atom. The summed E-state index contributed by atoms with van der Waals surface area (Å²) in [4.78, 5) is 21.4. The van der Waals surface area contributed by atoms with E-state index in [1.54, 1.807) is 6.07 Å². The third-order valence-electron chi connectivity index (χ3n) is 1.92. The van der Waals surface area contributed by atoms with Gasteiger partial charge < -0.3 is 15.2 Å². The quantitative estimate of drug-likeness (QED) is 0.813. The number of hydrogen-bond acceptors (Lipinski definition) is 3. The second-order valence-electron chi connectivity index (χ2n) is 3.41. The number of benzene rings is 1. The highest BCUT2D eigenvalue weighted by molar-refractivity contribution is 5.77. The van der Waals surface area contributed by atoms with Crippen LogP contribution >= 0.6 is 0 Å². The molecule has 86 valence electrons. The number of hydrogen-bond donors (Lipinski definition) is 2. The molecule has 16 heavy (non-hydrogen) atoms. The second kappa shape index (κ2) is 5.16. The van der Waals surface area contributed by atoms with Crippen molar-refractivity contribution in [1.82, 2.24) is 5.32 Å². The molecular weight excluding hydrogens is 210 g/mol. The number of ether oxygens (including phenoxy) is 1. The minimum absolute atomic E-state index is 0.425. The topological polar surface area (TPSA) is 75.6 Å². The van der Waals surface area contributed by atoms with Crippen molar-refractivity contribution in [2.24, 2.45) is 0 Å². The Kier molecular flexibility index (Phi) is 3.88. The van der Waals surface area contributed by atoms with Crippen LogP contribution in [0.2, 0.25) is 0 Å². The number of carbonyl (C=O) groups excluding carboxylic acids is 1. The van der Waals surface area contributed by atoms with Crippen molar-refractivity contribution >= 4 is 12.1 Å². The average Bonchev–Trinajstić information content (AvgIpc) is 2.19. The van der Waals surface area contributed by atoms with Gasteiger partial charge in [-0.1, -0.05) is 17.7 Å². The molecule has 0 aliphatic carbocycles. The smallest absolute Gasteiger partial charge is 0.413 e. The summed E-state index contributed by atoms with van der Waals surface area (Å²) >= 11 is 0. The summed E-state index contributed by atoms with van der Waals surface area (Å²) < 4.78 is 4.94. The zero-order chi connectivity index (χ0) is 12.1. The van der Waals surface area contributed by atoms with Crippen LogP contribution in [0.1, 0.15) is 11.1 Å². The van der Waals surface area contributed by atoms with Crippen molar-refractivity contribution in [2.45, 2.75) is 13.8 Å². The summed E-state index contributed by atoms with van der Waals surface area (Å²) in [5.74, 6) is -0.689. The molecule has 0 aliphatic heterocycles. The number of rotatable bonds is 3. The third kappa shape index (κ3) is 3.61. The Hall–Kier alpha value is -2.04. The van der Waals surface area contributed by atoms with E-state index in [9.17, 15) is 9.59 Å². The maximum Gasteiger partial charge on any atom is 0.413 e. The fourth-order valence-electron chi connectivity index (χ4n) is 1.20. The summed E-state index contributed by atoms with van der Waals surface area (Å²) in [5, 5.41) is 10.5. The van der Waals surface area contributed by atoms with Gasteiger partial charge in [-0.3, -0.25) is 4.79 Å². The van der Waals surface area contributed by atoms with Crippen LogP contribution in [0, 0.1) is 13.8 Å². The number of carboxylic acids is 1. The van der Waals surface area contributed by atoms with Crippen molar-refractivity contribution in [3.8, 4) is 5.75 Å². The van der Waals surface area contributed by atoms with E-state index in [0.29, 0.717) is 5.75 Å². The van der Waals surface area contributed by atoms with Crippen LogP contribution < -0.4 is 10.1 Å². The SMILES string of the molecule is Cc1ccc(OC(=O)NCC(=O)O)c(C)c1. The summed E-state index contributed by atoms with van der Waals surface area (Å²) in [6.45, 7) is 3.29. The largest absolute Gasteiger partial charge is 0.480 e. The van der Waals surface area contributed by atoms with Gasteiger partial charge in [0.25, 0.3) is 0 Å². The van der Waals surface area contributed by atoms with Gasteiger partial charge in [-0.2, -0.15) is 0 Å². The maximum atomic E-state index is 11.2. The lowest BCUT2D eigenvalue weighted by molar-refractivity contribution is -0.135. The van der Waals surface area contributed by atoms with Crippen molar-refractivity contribution in [1.29, 1.82) is 0 Å². The summed E-state index contributed by atoms with van der Waals surface area (Å²) in [6.07, 6.45) is -0.769. The van der Waals surface area contributed by atoms with Crippen LogP contribution in [0.4, 0.5) is 4.79 Å². The van der Waals surface area contributed by atoms with Gasteiger partial charge in [-0.05, 0) is 25.5 Å². The molecule has 0 fully saturated rings. The average molecular weight is 223 g/mol. The third-order valence-corrected chi connectivity index (χ3v) is 1.92. The molecule has 5 heteroatoms. The first-order chi connectivity index (χ1) is 7.49. The number of carboxylic acid groups (broad SMARTS) is 1. The Labute approximate surface area is 93.0 Å². The number of amides is 1. The molecule has 0 heterocycles. The van der Waals surface area contributed by atoms with Gasteiger partial charge in [0, 0.05) is 0 Å². The zero-order valence-electron chi connectivity index (χ0n) is 9.11. The van der Waals surface area contributed by atoms with Gasteiger partial charge in [0.2, 0.25) is 0 Å². The van der Waals surface area contributed by atoms with E-state index in [0.717, 1.165) is 11.1 Å². The van der Waals surface area contributed by atoms with Gasteiger partial charge in [0.1, 0.15) is 12.3 Å². The molecule has 0 spiro atoms. The molecule has 1 amide bonds. The maximum absolute atomic E-state index is 11.2. The van der Waals surface area contributed by atoms with Gasteiger partial charge in [0.05, 0.1) is 0 Å². The van der Waals surface area contributed by atoms with Crippen molar-refractivity contribution < 1.29 is 19.4 Å². The summed E-state index contributed by atoms with van der Waals surface area (Å²) in [7, 11) is 0. The molecular formula is C11H13NO4. The molecule has 0 aliphatic rings. The van der Waals surface area contributed by atoms with E-state index in [2.05, 4.69) is 5.32 Å². The lowest BCUT2D eigenvalue weighted by atomic mass is 10.1. The minimum atomic E-state index is -1.11. The fourth-order valence-corrected chi connectivity index (χ4v) is 1.20. The van der Waals surface area contributed by atoms with Gasteiger partial charge in [-0.25, -0.2) is 4.79 Å². The molecule has 5 nitrogen and oxygen atoms in total. The van der Waals surface area contributed by atoms with Crippen LogP contribution in [-0.4, -0.2) is 23.7 Å². The molecule has 2 N–H and O–H groups in total. The number of aryl methyl sites for hydroxylation is 2. The van der Waals surface area contributed by atoms with Crippen molar-refractivity contribution in [3.05, 3.63) is 29.3 Å². The normalized spacial score (nSPS) is 9.62. The zero-order valence-corrected chi connectivity index (χ0v) is 9.11. The summed E-state index contributed by atoms with van der Waals surface area (Å²) in [5.41, 5.74) is 1.89. The van der Waals surface area contributed by atoms with E-state index in [1.807, 2.05) is 26.0 Å². The van der Waals surface area contributed by atoms with E-state index < -0.39 is 18.6 Å². The van der Waals surface area contributed by atoms with E-state index in [-0.39, 0.29) is 0 Å². The summed E-state index contributed by atoms with van der Waals surface area (Å²) in [6, 6.07) is 5.36. The Bertz CT molecular complexity index is 414. The molecule has 0 aromatic heterocycles. The molecule has 1 rings (SSSR count). The lowest BCUT2D eigenvalue weighted by Gasteiger charge is -2.07. The molecule has 0 radical (unpaired) electrons. The molecule has 0 atom stereocenters. The highest BCUT2D eigenvalue weighted by Crippen LogP contribution is 2.18. The molecule has 0 saturated carbocycles. The first-order valence-electron chi connectivity index (χ1n) is 4.74. The van der Waals surface area contributed by atoms with Gasteiger partial charge in [0.15, 0.2) is 0 Å². The first kappa shape index (κ1) is 12.0. The van der Waals surface area contributed by atoms with Crippen molar-refractivity contribution in [3.63, 3.8) is 0 Å². The Morgan fingerprint density at radius 3 is 2.62 bits per heavy atom. The molecule has 1 aromatic carbocycles. The van der Waals surface area contributed by atoms with Crippen LogP contribution in [0.5, 0.6) is 5.75 Å². The van der Waals surface area contributed by atoms with E-state index in [4.69, 9.17) is 9.84 Å². The predicted molar refractivity (Wildman–Crippen MR) is 57.6 cm³/mol. The highest BCUT2D eigenvalue weighted by Gasteiger charge is 2.07. The molecule has 0 saturated heterocycles. The number of carbonyl (C=O) groups is 2. The fraction of sp³-hybridized carbons (Fsp3) is 0.273. The molecule has 0 unspecified atom stereocenters. The van der Waals surface area contributed by atoms with Crippen LogP contribution in [0.15, 0.2) is 18.2 Å². The van der Waals surface area contributed by atoms with E-state index in [1.165, 1.54) is 0 Å². The van der Waals surface area contributed by atoms with Gasteiger partial charge >= 0.3 is 12.1 Å². The predicted octanol–water partition coefficient (Wildman–Crippen LogP) is 1.48. The number of aliphatic carboxylic acids is 1. The second-order valence-corrected chi connectivity index (χ2v) is 3.41. The van der Waals surface area contributed by atoms with Crippen LogP contribution in [0.3, 0.4) is 0 Å². The van der Waals surface area contributed by atoms with Crippen LogP contribution in [0.25, 0.3) is 0 Å². The first-order valence-corrected chi connectivity index (χ1v) is 4.74. The standard InChI is InChI=1S/C11H13NO4/c1-7-3-4-9(8(2)5-7)16-11(15)12-6-10(13)14/h3-5H,6H2,1-2H3,(H,12,15)(H,13,14). The van der Waals surface area contributed by atoms with Gasteiger partial charge in [-0.15, -0.1) is 0 Å². The Balaban J connectivity index is 2.59. The van der Waals surface area contributed by atoms with Crippen LogP contribution in [-0.2, 0) is 4.79 Å².